The summed E-state index contributed by atoms with van der Waals surface area (Å²) < 4.78 is 5.29. The molecule has 3 aromatic rings. The van der Waals surface area contributed by atoms with E-state index in [0.29, 0.717) is 15.8 Å². The van der Waals surface area contributed by atoms with Gasteiger partial charge in [-0.3, -0.25) is 10.2 Å². The zero-order chi connectivity index (χ0) is 18.5. The molecule has 134 valence electrons. The summed E-state index contributed by atoms with van der Waals surface area (Å²) in [6, 6.07) is 7.46. The van der Waals surface area contributed by atoms with Crippen LogP contribution in [0.5, 0.6) is 5.75 Å². The number of aromatic nitrogens is 3. The Morgan fingerprint density at radius 3 is 2.92 bits per heavy atom. The number of hydrogen-bond donors (Lipinski definition) is 3. The molecule has 0 saturated heterocycles. The molecule has 0 saturated carbocycles. The molecule has 0 amide bonds. The lowest BCUT2D eigenvalue weighted by molar-refractivity contribution is 0.417. The fourth-order valence-corrected chi connectivity index (χ4v) is 3.11. The predicted octanol–water partition coefficient (Wildman–Crippen LogP) is 3.73. The summed E-state index contributed by atoms with van der Waals surface area (Å²) in [4.78, 5) is 16.2. The van der Waals surface area contributed by atoms with Crippen LogP contribution < -0.4 is 21.0 Å². The zero-order valence-corrected chi connectivity index (χ0v) is 15.6. The number of methoxy groups -OCH3 is 1. The molecule has 0 atom stereocenters. The minimum absolute atomic E-state index is 0.0360. The summed E-state index contributed by atoms with van der Waals surface area (Å²) in [5.41, 5.74) is 3.18. The topological polar surface area (TPSA) is 104 Å². The van der Waals surface area contributed by atoms with Gasteiger partial charge in [0.25, 0.3) is 5.56 Å². The van der Waals surface area contributed by atoms with E-state index in [-0.39, 0.29) is 15.9 Å². The Balaban J connectivity index is 1.74. The maximum Gasteiger partial charge on any atom is 0.285 e. The number of halogens is 2. The Labute approximate surface area is 161 Å². The number of thiazole rings is 1. The summed E-state index contributed by atoms with van der Waals surface area (Å²) in [5, 5.41) is 13.8. The molecule has 26 heavy (non-hydrogen) atoms. The van der Waals surface area contributed by atoms with Gasteiger partial charge >= 0.3 is 0 Å². The van der Waals surface area contributed by atoms with Crippen molar-refractivity contribution in [1.82, 2.24) is 15.2 Å². The summed E-state index contributed by atoms with van der Waals surface area (Å²) in [6.07, 6.45) is 2.83. The first kappa shape index (κ1) is 18.2. The zero-order valence-electron chi connectivity index (χ0n) is 13.3. The molecule has 1 aromatic carbocycles. The van der Waals surface area contributed by atoms with E-state index in [2.05, 4.69) is 31.0 Å². The molecule has 0 aliphatic heterocycles. The second-order valence-electron chi connectivity index (χ2n) is 4.80. The molecule has 8 nitrogen and oxygen atoms in total. The van der Waals surface area contributed by atoms with Gasteiger partial charge in [-0.25, -0.2) is 10.1 Å². The molecular formula is C15H12Cl2N6O2S. The number of benzene rings is 1. The van der Waals surface area contributed by atoms with Crippen molar-refractivity contribution < 1.29 is 4.74 Å². The van der Waals surface area contributed by atoms with Gasteiger partial charge in [-0.1, -0.05) is 46.7 Å². The molecule has 0 aliphatic carbocycles. The van der Waals surface area contributed by atoms with Crippen molar-refractivity contribution in [3.05, 3.63) is 55.9 Å². The average Bonchev–Trinajstić information content (AvgIpc) is 2.98. The number of nitrogens with zero attached hydrogens (tertiary/aromatic N) is 3. The van der Waals surface area contributed by atoms with E-state index in [1.54, 1.807) is 7.11 Å². The molecule has 2 heterocycles. The highest BCUT2D eigenvalue weighted by atomic mass is 35.5. The molecule has 3 N–H and O–H groups in total. The van der Waals surface area contributed by atoms with Gasteiger partial charge in [0.2, 0.25) is 0 Å². The standard InChI is InChI=1S/C15H12Cl2N6O2S/c1-25-10-5-3-2-4-8(10)20-15-21-13(17)11(26-15)7-19-22-9-6-18-23-14(24)12(9)16/h2-7H,1H3,(H,20,21)(H2,22,23,24)/b19-7+. The monoisotopic (exact) mass is 410 g/mol. The first-order valence-corrected chi connectivity index (χ1v) is 8.74. The molecule has 0 aliphatic rings. The first-order valence-electron chi connectivity index (χ1n) is 7.17. The SMILES string of the molecule is COc1ccccc1Nc1nc(Cl)c(/C=N/Nc2cn[nH]c(=O)c2Cl)s1. The lowest BCUT2D eigenvalue weighted by Gasteiger charge is -2.07. The maximum atomic E-state index is 11.4. The number of aromatic amines is 1. The smallest absolute Gasteiger partial charge is 0.285 e. The van der Waals surface area contributed by atoms with Crippen LogP contribution >= 0.6 is 34.5 Å². The number of H-pyrrole nitrogens is 1. The highest BCUT2D eigenvalue weighted by Crippen LogP contribution is 2.31. The molecule has 0 bridgehead atoms. The fourth-order valence-electron chi connectivity index (χ4n) is 1.93. The number of anilines is 3. The van der Waals surface area contributed by atoms with Crippen molar-refractivity contribution >= 4 is 57.3 Å². The van der Waals surface area contributed by atoms with Crippen molar-refractivity contribution in [2.75, 3.05) is 17.9 Å². The number of nitrogens with one attached hydrogen (secondary N) is 3. The predicted molar refractivity (Wildman–Crippen MR) is 104 cm³/mol. The van der Waals surface area contributed by atoms with Crippen LogP contribution in [0.1, 0.15) is 4.88 Å². The summed E-state index contributed by atoms with van der Waals surface area (Å²) in [5.74, 6) is 0.687. The Morgan fingerprint density at radius 1 is 1.31 bits per heavy atom. The average molecular weight is 411 g/mol. The van der Waals surface area contributed by atoms with E-state index in [1.807, 2.05) is 24.3 Å². The molecule has 0 spiro atoms. The summed E-state index contributed by atoms with van der Waals surface area (Å²) >= 11 is 13.3. The van der Waals surface area contributed by atoms with Gasteiger partial charge in [0.1, 0.15) is 16.5 Å². The summed E-state index contributed by atoms with van der Waals surface area (Å²) in [7, 11) is 1.59. The van der Waals surface area contributed by atoms with Crippen molar-refractivity contribution in [2.45, 2.75) is 0 Å². The van der Waals surface area contributed by atoms with Crippen LogP contribution in [0.3, 0.4) is 0 Å². The Hall–Kier alpha value is -2.62. The fraction of sp³-hybridized carbons (Fsp3) is 0.0667. The van der Waals surface area contributed by atoms with Gasteiger partial charge in [-0.2, -0.15) is 10.2 Å². The van der Waals surface area contributed by atoms with E-state index >= 15 is 0 Å². The van der Waals surface area contributed by atoms with Gasteiger partial charge in [-0.15, -0.1) is 0 Å². The second-order valence-corrected chi connectivity index (χ2v) is 6.56. The van der Waals surface area contributed by atoms with Crippen LogP contribution in [-0.2, 0) is 0 Å². The van der Waals surface area contributed by atoms with Crippen molar-refractivity contribution in [3.8, 4) is 5.75 Å². The highest BCUT2D eigenvalue weighted by molar-refractivity contribution is 7.17. The second kappa shape index (κ2) is 8.17. The lowest BCUT2D eigenvalue weighted by Crippen LogP contribution is -2.09. The number of hydrogen-bond acceptors (Lipinski definition) is 8. The van der Waals surface area contributed by atoms with E-state index in [1.165, 1.54) is 23.7 Å². The van der Waals surface area contributed by atoms with Gasteiger partial charge in [0.15, 0.2) is 10.3 Å². The van der Waals surface area contributed by atoms with E-state index in [4.69, 9.17) is 27.9 Å². The molecule has 0 fully saturated rings. The van der Waals surface area contributed by atoms with Crippen LogP contribution in [-0.4, -0.2) is 28.5 Å². The van der Waals surface area contributed by atoms with Crippen molar-refractivity contribution in [1.29, 1.82) is 0 Å². The first-order chi connectivity index (χ1) is 12.6. The van der Waals surface area contributed by atoms with E-state index in [9.17, 15) is 4.79 Å². The van der Waals surface area contributed by atoms with E-state index in [0.717, 1.165) is 5.69 Å². The summed E-state index contributed by atoms with van der Waals surface area (Å²) in [6.45, 7) is 0. The number of rotatable bonds is 6. The number of para-hydroxylation sites is 2. The van der Waals surface area contributed by atoms with E-state index < -0.39 is 5.56 Å². The van der Waals surface area contributed by atoms with Crippen LogP contribution in [0, 0.1) is 0 Å². The van der Waals surface area contributed by atoms with Gasteiger partial charge in [-0.05, 0) is 12.1 Å². The van der Waals surface area contributed by atoms with Gasteiger partial charge < -0.3 is 10.1 Å². The minimum Gasteiger partial charge on any atom is -0.495 e. The van der Waals surface area contributed by atoms with Crippen molar-refractivity contribution in [2.24, 2.45) is 5.10 Å². The third kappa shape index (κ3) is 4.13. The Bertz CT molecular complexity index is 1000. The normalized spacial score (nSPS) is 10.9. The van der Waals surface area contributed by atoms with Crippen molar-refractivity contribution in [3.63, 3.8) is 0 Å². The minimum atomic E-state index is -0.508. The molecule has 11 heteroatoms. The molecule has 0 radical (unpaired) electrons. The third-order valence-electron chi connectivity index (χ3n) is 3.12. The maximum absolute atomic E-state index is 11.4. The van der Waals surface area contributed by atoms with Crippen LogP contribution in [0.2, 0.25) is 10.2 Å². The quantitative estimate of drug-likeness (QED) is 0.422. The Kier molecular flexibility index (Phi) is 5.71. The van der Waals surface area contributed by atoms with Crippen LogP contribution in [0.15, 0.2) is 40.4 Å². The van der Waals surface area contributed by atoms with Crippen LogP contribution in [0.4, 0.5) is 16.5 Å². The molecular weight excluding hydrogens is 399 g/mol. The van der Waals surface area contributed by atoms with Gasteiger partial charge in [0, 0.05) is 0 Å². The molecule has 2 aromatic heterocycles. The van der Waals surface area contributed by atoms with Crippen LogP contribution in [0.25, 0.3) is 0 Å². The number of ether oxygens (including phenoxy) is 1. The largest absolute Gasteiger partial charge is 0.495 e. The highest BCUT2D eigenvalue weighted by Gasteiger charge is 2.10. The number of hydrazone groups is 1. The lowest BCUT2D eigenvalue weighted by atomic mass is 10.3. The van der Waals surface area contributed by atoms with Gasteiger partial charge in [0.05, 0.1) is 30.1 Å². The third-order valence-corrected chi connectivity index (χ3v) is 4.80. The Morgan fingerprint density at radius 2 is 2.12 bits per heavy atom. The molecule has 0 unspecified atom stereocenters. The molecule has 3 rings (SSSR count).